The molecule has 7 heteroatoms. The van der Waals surface area contributed by atoms with Crippen molar-refractivity contribution in [2.45, 2.75) is 6.54 Å². The van der Waals surface area contributed by atoms with Gasteiger partial charge in [0.25, 0.3) is 5.91 Å². The average Bonchev–Trinajstić information content (AvgIpc) is 3.01. The highest BCUT2D eigenvalue weighted by molar-refractivity contribution is 6.32. The number of halogens is 1. The van der Waals surface area contributed by atoms with E-state index < -0.39 is 17.4 Å². The number of phenols is 2. The minimum atomic E-state index is -0.595. The van der Waals surface area contributed by atoms with Crippen molar-refractivity contribution in [3.63, 3.8) is 0 Å². The number of carbonyl (C=O) groups excluding carboxylic acids is 1. The molecule has 0 unspecified atom stereocenters. The molecule has 0 aliphatic rings. The maximum Gasteiger partial charge on any atom is 0.262 e. The van der Waals surface area contributed by atoms with Gasteiger partial charge < -0.3 is 19.9 Å². The highest BCUT2D eigenvalue weighted by atomic mass is 35.5. The monoisotopic (exact) mass is 318 g/mol. The minimum absolute atomic E-state index is 0.0838. The summed E-state index contributed by atoms with van der Waals surface area (Å²) < 4.78 is 5.06. The lowest BCUT2D eigenvalue weighted by Crippen LogP contribution is -2.23. The van der Waals surface area contributed by atoms with Crippen LogP contribution in [0.2, 0.25) is 5.02 Å². The predicted octanol–water partition coefficient (Wildman–Crippen LogP) is 2.57. The van der Waals surface area contributed by atoms with Crippen LogP contribution >= 0.6 is 11.6 Å². The molecule has 0 bridgehead atoms. The largest absolute Gasteiger partial charge is 0.504 e. The molecular formula is C15H11ClN2O4. The second kappa shape index (κ2) is 6.70. The van der Waals surface area contributed by atoms with E-state index in [2.05, 4.69) is 5.32 Å². The zero-order valence-corrected chi connectivity index (χ0v) is 12.0. The second-order valence-corrected chi connectivity index (χ2v) is 4.71. The third-order valence-corrected chi connectivity index (χ3v) is 3.03. The van der Waals surface area contributed by atoms with E-state index in [-0.39, 0.29) is 17.1 Å². The Bertz CT molecular complexity index is 737. The molecule has 0 spiro atoms. The summed E-state index contributed by atoms with van der Waals surface area (Å²) in [6.07, 6.45) is 2.73. The van der Waals surface area contributed by atoms with Crippen molar-refractivity contribution >= 4 is 23.6 Å². The number of nitrogens with zero attached hydrogens (tertiary/aromatic N) is 1. The lowest BCUT2D eigenvalue weighted by molar-refractivity contribution is -0.117. The maximum atomic E-state index is 11.9. The van der Waals surface area contributed by atoms with Crippen LogP contribution in [0.3, 0.4) is 0 Å². The normalized spacial score (nSPS) is 11.0. The summed E-state index contributed by atoms with van der Waals surface area (Å²) in [7, 11) is 0. The second-order valence-electron chi connectivity index (χ2n) is 4.30. The summed E-state index contributed by atoms with van der Waals surface area (Å²) in [5.74, 6) is -0.940. The van der Waals surface area contributed by atoms with Crippen LogP contribution < -0.4 is 5.32 Å². The van der Waals surface area contributed by atoms with Gasteiger partial charge >= 0.3 is 0 Å². The highest BCUT2D eigenvalue weighted by Crippen LogP contribution is 2.34. The molecule has 1 heterocycles. The van der Waals surface area contributed by atoms with E-state index in [1.54, 1.807) is 18.2 Å². The molecule has 0 radical (unpaired) electrons. The Morgan fingerprint density at radius 3 is 2.82 bits per heavy atom. The molecule has 0 saturated heterocycles. The van der Waals surface area contributed by atoms with Crippen LogP contribution in [-0.4, -0.2) is 16.1 Å². The summed E-state index contributed by atoms with van der Waals surface area (Å²) in [6, 6.07) is 7.66. The number of hydrogen-bond acceptors (Lipinski definition) is 5. The van der Waals surface area contributed by atoms with Gasteiger partial charge in [0.1, 0.15) is 17.4 Å². The average molecular weight is 319 g/mol. The molecular weight excluding hydrogens is 308 g/mol. The van der Waals surface area contributed by atoms with Crippen LogP contribution in [0.5, 0.6) is 11.5 Å². The quantitative estimate of drug-likeness (QED) is 0.456. The van der Waals surface area contributed by atoms with Gasteiger partial charge in [0.05, 0.1) is 17.8 Å². The van der Waals surface area contributed by atoms with Crippen LogP contribution in [-0.2, 0) is 11.3 Å². The Kier molecular flexibility index (Phi) is 4.71. The van der Waals surface area contributed by atoms with E-state index in [1.165, 1.54) is 24.5 Å². The number of phenolic OH excluding ortho intramolecular Hbond substituents is 2. The Labute approximate surface area is 130 Å². The van der Waals surface area contributed by atoms with Crippen LogP contribution in [0, 0.1) is 11.3 Å². The molecule has 1 aromatic carbocycles. The van der Waals surface area contributed by atoms with E-state index in [0.717, 1.165) is 0 Å². The van der Waals surface area contributed by atoms with Crippen LogP contribution in [0.1, 0.15) is 11.3 Å². The van der Waals surface area contributed by atoms with Gasteiger partial charge in [-0.3, -0.25) is 4.79 Å². The molecule has 0 atom stereocenters. The van der Waals surface area contributed by atoms with Gasteiger partial charge in [0.2, 0.25) is 0 Å². The van der Waals surface area contributed by atoms with E-state index in [9.17, 15) is 15.0 Å². The molecule has 6 nitrogen and oxygen atoms in total. The predicted molar refractivity (Wildman–Crippen MR) is 78.9 cm³/mol. The molecule has 3 N–H and O–H groups in total. The zero-order chi connectivity index (χ0) is 16.1. The number of amides is 1. The van der Waals surface area contributed by atoms with Crippen molar-refractivity contribution in [2.75, 3.05) is 0 Å². The van der Waals surface area contributed by atoms with Crippen molar-refractivity contribution in [1.29, 1.82) is 5.26 Å². The molecule has 0 fully saturated rings. The van der Waals surface area contributed by atoms with E-state index in [4.69, 9.17) is 21.3 Å². The number of furan rings is 1. The van der Waals surface area contributed by atoms with Crippen LogP contribution in [0.4, 0.5) is 0 Å². The number of aromatic hydroxyl groups is 2. The van der Waals surface area contributed by atoms with E-state index >= 15 is 0 Å². The first kappa shape index (κ1) is 15.5. The van der Waals surface area contributed by atoms with Crippen molar-refractivity contribution in [2.24, 2.45) is 0 Å². The summed E-state index contributed by atoms with van der Waals surface area (Å²) >= 11 is 5.72. The summed E-state index contributed by atoms with van der Waals surface area (Å²) in [6.45, 7) is 0.145. The third kappa shape index (κ3) is 3.59. The van der Waals surface area contributed by atoms with E-state index in [1.807, 2.05) is 0 Å². The summed E-state index contributed by atoms with van der Waals surface area (Å²) in [4.78, 5) is 11.9. The van der Waals surface area contributed by atoms with Gasteiger partial charge in [-0.2, -0.15) is 5.26 Å². The summed E-state index contributed by atoms with van der Waals surface area (Å²) in [5.41, 5.74) is 0.137. The lowest BCUT2D eigenvalue weighted by Gasteiger charge is -2.04. The van der Waals surface area contributed by atoms with Crippen LogP contribution in [0.25, 0.3) is 6.08 Å². The SMILES string of the molecule is N#C/C(=C\c1cc(O)c(O)c(Cl)c1)C(=O)NCc1ccco1. The maximum absolute atomic E-state index is 11.9. The Morgan fingerprint density at radius 2 is 2.23 bits per heavy atom. The number of benzene rings is 1. The first-order valence-electron chi connectivity index (χ1n) is 6.15. The van der Waals surface area contributed by atoms with E-state index in [0.29, 0.717) is 11.3 Å². The summed E-state index contributed by atoms with van der Waals surface area (Å²) in [5, 5.41) is 30.3. The molecule has 112 valence electrons. The van der Waals surface area contributed by atoms with Crippen LogP contribution in [0.15, 0.2) is 40.5 Å². The molecule has 0 aliphatic carbocycles. The number of hydrogen-bond donors (Lipinski definition) is 3. The van der Waals surface area contributed by atoms with Gasteiger partial charge in [0, 0.05) is 0 Å². The fourth-order valence-electron chi connectivity index (χ4n) is 1.68. The highest BCUT2D eigenvalue weighted by Gasteiger charge is 2.11. The van der Waals surface area contributed by atoms with Gasteiger partial charge in [-0.15, -0.1) is 0 Å². The Hall–Kier alpha value is -2.91. The smallest absolute Gasteiger partial charge is 0.262 e. The van der Waals surface area contributed by atoms with Crippen molar-refractivity contribution in [1.82, 2.24) is 5.32 Å². The van der Waals surface area contributed by atoms with Crippen molar-refractivity contribution in [3.8, 4) is 17.6 Å². The van der Waals surface area contributed by atoms with Gasteiger partial charge in [-0.25, -0.2) is 0 Å². The topological polar surface area (TPSA) is 106 Å². The fourth-order valence-corrected chi connectivity index (χ4v) is 1.90. The van der Waals surface area contributed by atoms with Gasteiger partial charge in [-0.05, 0) is 35.9 Å². The van der Waals surface area contributed by atoms with Gasteiger partial charge in [0.15, 0.2) is 11.5 Å². The number of rotatable bonds is 4. The first-order valence-corrected chi connectivity index (χ1v) is 6.53. The van der Waals surface area contributed by atoms with Gasteiger partial charge in [-0.1, -0.05) is 11.6 Å². The fraction of sp³-hybridized carbons (Fsp3) is 0.0667. The van der Waals surface area contributed by atoms with Crippen molar-refractivity contribution < 1.29 is 19.4 Å². The molecule has 1 aromatic heterocycles. The molecule has 2 aromatic rings. The number of nitriles is 1. The molecule has 1 amide bonds. The molecule has 22 heavy (non-hydrogen) atoms. The number of nitrogens with one attached hydrogen (secondary N) is 1. The third-order valence-electron chi connectivity index (χ3n) is 2.74. The lowest BCUT2D eigenvalue weighted by atomic mass is 10.1. The molecule has 2 rings (SSSR count). The molecule has 0 aliphatic heterocycles. The number of carbonyl (C=O) groups is 1. The Morgan fingerprint density at radius 1 is 1.45 bits per heavy atom. The van der Waals surface area contributed by atoms with Crippen molar-refractivity contribution in [3.05, 3.63) is 52.4 Å². The minimum Gasteiger partial charge on any atom is -0.504 e. The zero-order valence-electron chi connectivity index (χ0n) is 11.2. The first-order chi connectivity index (χ1) is 10.5. The standard InChI is InChI=1S/C15H11ClN2O4/c16-12-5-9(6-13(19)14(12)20)4-10(7-17)15(21)18-8-11-2-1-3-22-11/h1-6,19-20H,8H2,(H,18,21)/b10-4+. The Balaban J connectivity index is 2.16. The molecule has 0 saturated carbocycles.